The molecule has 4 heterocycles. The molecular formula is C29H37BrN8O3S. The van der Waals surface area contributed by atoms with Crippen LogP contribution in [0.1, 0.15) is 30.3 Å². The Labute approximate surface area is 254 Å². The second-order valence-corrected chi connectivity index (χ2v) is 14.1. The van der Waals surface area contributed by atoms with Crippen molar-refractivity contribution in [2.75, 3.05) is 50.1 Å². The molecule has 0 bridgehead atoms. The van der Waals surface area contributed by atoms with Crippen LogP contribution in [0, 0.1) is 20.8 Å². The maximum Gasteiger partial charge on any atom is 0.238 e. The molecule has 11 nitrogen and oxygen atoms in total. The summed E-state index contributed by atoms with van der Waals surface area (Å²) in [6.45, 7) is 9.01. The lowest BCUT2D eigenvalue weighted by Gasteiger charge is -2.17. The zero-order valence-electron chi connectivity index (χ0n) is 24.7. The molecule has 1 aliphatic rings. The molecule has 0 saturated carbocycles. The van der Waals surface area contributed by atoms with E-state index in [1.807, 2.05) is 51.0 Å². The Morgan fingerprint density at radius 1 is 1.24 bits per heavy atom. The van der Waals surface area contributed by atoms with Gasteiger partial charge in [0.2, 0.25) is 15.9 Å². The minimum Gasteiger partial charge on any atom is -0.378 e. The van der Waals surface area contributed by atoms with Crippen molar-refractivity contribution in [3.8, 4) is 17.1 Å². The lowest BCUT2D eigenvalue weighted by Crippen LogP contribution is -2.32. The van der Waals surface area contributed by atoms with Gasteiger partial charge in [-0.1, -0.05) is 6.07 Å². The predicted octanol–water partition coefficient (Wildman–Crippen LogP) is 4.44. The number of aromatic amines is 1. The molecule has 0 aliphatic carbocycles. The number of fused-ring (bicyclic) bond motifs is 1. The molecule has 1 amide bonds. The van der Waals surface area contributed by atoms with Gasteiger partial charge in [0.25, 0.3) is 0 Å². The average molecular weight is 658 g/mol. The Balaban J connectivity index is 1.47. The largest absolute Gasteiger partial charge is 0.378 e. The van der Waals surface area contributed by atoms with Crippen molar-refractivity contribution in [1.29, 1.82) is 0 Å². The molecule has 0 unspecified atom stereocenters. The van der Waals surface area contributed by atoms with Crippen molar-refractivity contribution in [2.45, 2.75) is 40.2 Å². The van der Waals surface area contributed by atoms with Gasteiger partial charge >= 0.3 is 0 Å². The Morgan fingerprint density at radius 2 is 2.00 bits per heavy atom. The molecule has 0 radical (unpaired) electrons. The first-order valence-electron chi connectivity index (χ1n) is 13.9. The molecule has 4 aromatic rings. The third-order valence-electron chi connectivity index (χ3n) is 7.70. The summed E-state index contributed by atoms with van der Waals surface area (Å²) in [5.41, 5.74) is 7.82. The van der Waals surface area contributed by atoms with Gasteiger partial charge in [-0.2, -0.15) is 4.31 Å². The summed E-state index contributed by atoms with van der Waals surface area (Å²) in [4.78, 5) is 27.1. The van der Waals surface area contributed by atoms with Crippen LogP contribution in [0.25, 0.3) is 28.2 Å². The molecule has 1 fully saturated rings. The van der Waals surface area contributed by atoms with Gasteiger partial charge in [0.1, 0.15) is 11.3 Å². The van der Waals surface area contributed by atoms with E-state index in [1.54, 1.807) is 17.4 Å². The molecule has 42 heavy (non-hydrogen) atoms. The summed E-state index contributed by atoms with van der Waals surface area (Å²) in [7, 11) is 0.502. The highest BCUT2D eigenvalue weighted by atomic mass is 79.9. The van der Waals surface area contributed by atoms with E-state index < -0.39 is 10.0 Å². The van der Waals surface area contributed by atoms with Crippen LogP contribution in [0.15, 0.2) is 34.9 Å². The summed E-state index contributed by atoms with van der Waals surface area (Å²) in [5, 5.41) is 6.57. The smallest absolute Gasteiger partial charge is 0.238 e. The van der Waals surface area contributed by atoms with Crippen molar-refractivity contribution in [1.82, 2.24) is 28.7 Å². The normalized spacial score (nSPS) is 16.0. The Bertz CT molecular complexity index is 1760. The zero-order valence-corrected chi connectivity index (χ0v) is 27.1. The van der Waals surface area contributed by atoms with Gasteiger partial charge in [-0.3, -0.25) is 4.79 Å². The van der Waals surface area contributed by atoms with E-state index >= 15 is 0 Å². The summed E-state index contributed by atoms with van der Waals surface area (Å²) in [6.07, 6.45) is 2.43. The number of hydrogen-bond acceptors (Lipinski definition) is 7. The molecule has 1 atom stereocenters. The topological polar surface area (TPSA) is 128 Å². The van der Waals surface area contributed by atoms with E-state index in [-0.39, 0.29) is 17.7 Å². The number of sulfonamides is 1. The number of H-pyrrole nitrogens is 1. The highest BCUT2D eigenvalue weighted by Crippen LogP contribution is 2.35. The first kappa shape index (κ1) is 30.2. The first-order valence-corrected chi connectivity index (χ1v) is 16.3. The number of rotatable bonds is 9. The van der Waals surface area contributed by atoms with Gasteiger partial charge in [-0.25, -0.2) is 18.4 Å². The van der Waals surface area contributed by atoms with Gasteiger partial charge in [-0.15, -0.1) is 0 Å². The Hall–Kier alpha value is -3.26. The summed E-state index contributed by atoms with van der Waals surface area (Å²) < 4.78 is 29.2. The van der Waals surface area contributed by atoms with Gasteiger partial charge < -0.3 is 25.1 Å². The average Bonchev–Trinajstić information content (AvgIpc) is 3.64. The highest BCUT2D eigenvalue weighted by molar-refractivity contribution is 9.10. The van der Waals surface area contributed by atoms with Crippen LogP contribution < -0.4 is 10.6 Å². The van der Waals surface area contributed by atoms with Crippen LogP contribution in [0.2, 0.25) is 0 Å². The quantitative estimate of drug-likeness (QED) is 0.243. The third-order valence-corrected chi connectivity index (χ3v) is 10.1. The Morgan fingerprint density at radius 3 is 2.71 bits per heavy atom. The first-order chi connectivity index (χ1) is 19.9. The number of amides is 1. The fraction of sp³-hybridized carbons (Fsp3) is 0.414. The van der Waals surface area contributed by atoms with E-state index in [1.165, 1.54) is 0 Å². The van der Waals surface area contributed by atoms with Gasteiger partial charge in [-0.05, 0) is 87.9 Å². The van der Waals surface area contributed by atoms with Gasteiger partial charge in [0.15, 0.2) is 5.65 Å². The maximum absolute atomic E-state index is 12.4. The molecule has 3 aromatic heterocycles. The van der Waals surface area contributed by atoms with Gasteiger partial charge in [0.05, 0.1) is 28.1 Å². The number of imidazole rings is 1. The number of carbonyl (C=O) groups is 1. The van der Waals surface area contributed by atoms with E-state index in [9.17, 15) is 13.2 Å². The molecule has 13 heteroatoms. The van der Waals surface area contributed by atoms with E-state index in [2.05, 4.69) is 54.1 Å². The molecular weight excluding hydrogens is 620 g/mol. The van der Waals surface area contributed by atoms with Crippen LogP contribution >= 0.6 is 15.9 Å². The molecule has 5 rings (SSSR count). The van der Waals surface area contributed by atoms with E-state index in [0.29, 0.717) is 37.5 Å². The number of halogens is 1. The second kappa shape index (κ2) is 11.8. The van der Waals surface area contributed by atoms with E-state index in [0.717, 1.165) is 49.6 Å². The van der Waals surface area contributed by atoms with Crippen molar-refractivity contribution in [3.05, 3.63) is 51.9 Å². The predicted molar refractivity (Wildman–Crippen MR) is 171 cm³/mol. The number of anilines is 2. The molecule has 3 N–H and O–H groups in total. The molecule has 0 spiro atoms. The number of aryl methyl sites for hydroxylation is 1. The minimum atomic E-state index is -3.23. The number of aromatic nitrogens is 4. The van der Waals surface area contributed by atoms with Gasteiger partial charge in [0, 0.05) is 48.0 Å². The van der Waals surface area contributed by atoms with Crippen LogP contribution in [0.5, 0.6) is 0 Å². The molecule has 1 aromatic carbocycles. The second-order valence-electron chi connectivity index (χ2n) is 11.0. The number of nitrogens with one attached hydrogen (secondary N) is 3. The number of carbonyl (C=O) groups excluding carboxylic acids is 1. The molecule has 1 aliphatic heterocycles. The maximum atomic E-state index is 12.4. The van der Waals surface area contributed by atoms with Crippen LogP contribution in [-0.2, 0) is 14.8 Å². The summed E-state index contributed by atoms with van der Waals surface area (Å²) in [6, 6.07) is 7.97. The van der Waals surface area contributed by atoms with Crippen molar-refractivity contribution >= 4 is 54.4 Å². The summed E-state index contributed by atoms with van der Waals surface area (Å²) in [5.74, 6) is 0.720. The minimum absolute atomic E-state index is 0.0292. The zero-order chi connectivity index (χ0) is 30.3. The highest BCUT2D eigenvalue weighted by Gasteiger charge is 2.31. The van der Waals surface area contributed by atoms with Crippen LogP contribution in [-0.4, -0.2) is 88.6 Å². The number of benzene rings is 1. The number of hydrogen-bond donors (Lipinski definition) is 3. The fourth-order valence-corrected chi connectivity index (χ4v) is 7.11. The van der Waals surface area contributed by atoms with Crippen molar-refractivity contribution < 1.29 is 13.2 Å². The fourth-order valence-electron chi connectivity index (χ4n) is 5.54. The number of likely N-dealkylation sites (N-methyl/N-ethyl adjacent to an activating group) is 1. The van der Waals surface area contributed by atoms with Crippen molar-refractivity contribution in [3.63, 3.8) is 0 Å². The standard InChI is InChI=1S/C29H37BrN8O3S/c1-7-42(40,41)37-12-11-20(15-37)32-26-22(30)14-31-29-27(26)34-28(35-29)21-13-17(2)38(19(21)4)24-10-8-9-23(18(24)3)33-25(39)16-36(5)6/h8-10,13-14,20H,7,11-12,15-16H2,1-6H3,(H,33,39)(H2,31,32,34,35)/t20-/m0/s1. The van der Waals surface area contributed by atoms with Crippen LogP contribution in [0.3, 0.4) is 0 Å². The molecule has 1 saturated heterocycles. The lowest BCUT2D eigenvalue weighted by atomic mass is 10.1. The number of pyridine rings is 1. The van der Waals surface area contributed by atoms with Crippen molar-refractivity contribution in [2.24, 2.45) is 0 Å². The monoisotopic (exact) mass is 656 g/mol. The lowest BCUT2D eigenvalue weighted by molar-refractivity contribution is -0.116. The third kappa shape index (κ3) is 5.83. The van der Waals surface area contributed by atoms with Crippen LogP contribution in [0.4, 0.5) is 11.4 Å². The molecule has 224 valence electrons. The Kier molecular flexibility index (Phi) is 8.48. The SMILES string of the molecule is CCS(=O)(=O)N1CC[C@H](Nc2c(Br)cnc3nc(-c4cc(C)n(-c5cccc(NC(=O)CN(C)C)c5C)c4C)[nH]c23)C1. The van der Waals surface area contributed by atoms with E-state index in [4.69, 9.17) is 4.98 Å². The number of nitrogens with zero attached hydrogens (tertiary/aromatic N) is 5. The summed E-state index contributed by atoms with van der Waals surface area (Å²) >= 11 is 3.62.